The summed E-state index contributed by atoms with van der Waals surface area (Å²) in [5, 5.41) is 19.9. The number of aliphatic hydroxyl groups excluding tert-OH is 1. The molecule has 0 saturated carbocycles. The van der Waals surface area contributed by atoms with Gasteiger partial charge >= 0.3 is 0 Å². The first-order valence-corrected chi connectivity index (χ1v) is 14.8. The number of fused-ring (bicyclic) bond motifs is 1. The number of β-amino-alcohol motifs (C(OH)–C–C–N with tert-alkyl or cyclic N) is 1. The van der Waals surface area contributed by atoms with Crippen LogP contribution in [-0.4, -0.2) is 71.9 Å². The quantitative estimate of drug-likeness (QED) is 0.463. The van der Waals surface area contributed by atoms with E-state index in [0.717, 1.165) is 68.7 Å². The Labute approximate surface area is 234 Å². The number of likely N-dealkylation sites (tertiary alicyclic amines) is 1. The van der Waals surface area contributed by atoms with Crippen LogP contribution in [0.1, 0.15) is 73.5 Å². The molecule has 2 fully saturated rings. The average molecular weight is 535 g/mol. The molecule has 2 aromatic rings. The fourth-order valence-corrected chi connectivity index (χ4v) is 6.82. The van der Waals surface area contributed by atoms with Gasteiger partial charge in [-0.25, -0.2) is 0 Å². The molecular formula is C33H46N2O4. The summed E-state index contributed by atoms with van der Waals surface area (Å²) in [7, 11) is 0. The molecule has 0 amide bonds. The predicted molar refractivity (Wildman–Crippen MR) is 155 cm³/mol. The van der Waals surface area contributed by atoms with Crippen LogP contribution in [0.3, 0.4) is 0 Å². The van der Waals surface area contributed by atoms with Crippen molar-refractivity contribution in [2.45, 2.75) is 77.6 Å². The SMILES string of the molecule is CC[C@H](O)COCc1ccc2c(c1)CCC(Cc1ccc(N3CC[C@]4(CCN(CC(C)(C)O)C4)C3)cc1)C2=O. The maximum Gasteiger partial charge on any atom is 0.166 e. The number of nitrogens with zero attached hydrogens (tertiary/aromatic N) is 2. The fraction of sp³-hybridized carbons (Fsp3) is 0.606. The van der Waals surface area contributed by atoms with Crippen molar-refractivity contribution in [3.05, 3.63) is 64.7 Å². The smallest absolute Gasteiger partial charge is 0.166 e. The van der Waals surface area contributed by atoms with E-state index in [2.05, 4.69) is 40.1 Å². The maximum atomic E-state index is 13.3. The lowest BCUT2D eigenvalue weighted by molar-refractivity contribution is 0.0269. The van der Waals surface area contributed by atoms with Crippen LogP contribution in [0.2, 0.25) is 0 Å². The molecule has 0 radical (unpaired) electrons. The van der Waals surface area contributed by atoms with Gasteiger partial charge in [0.05, 0.1) is 24.9 Å². The van der Waals surface area contributed by atoms with Crippen LogP contribution in [0.5, 0.6) is 0 Å². The Morgan fingerprint density at radius 1 is 1.08 bits per heavy atom. The number of aryl methyl sites for hydroxylation is 1. The number of hydrogen-bond acceptors (Lipinski definition) is 6. The summed E-state index contributed by atoms with van der Waals surface area (Å²) in [6, 6.07) is 15.0. The monoisotopic (exact) mass is 534 g/mol. The van der Waals surface area contributed by atoms with Crippen LogP contribution in [0.25, 0.3) is 0 Å². The zero-order valence-corrected chi connectivity index (χ0v) is 24.0. The molecule has 212 valence electrons. The van der Waals surface area contributed by atoms with Crippen LogP contribution in [0.15, 0.2) is 42.5 Å². The summed E-state index contributed by atoms with van der Waals surface area (Å²) in [6.45, 7) is 11.6. The van der Waals surface area contributed by atoms with Gasteiger partial charge in [-0.3, -0.25) is 9.69 Å². The number of rotatable bonds is 10. The molecule has 1 aliphatic carbocycles. The number of Topliss-reactive ketones (excluding diaryl/α,β-unsaturated/α-hetero) is 1. The van der Waals surface area contributed by atoms with E-state index in [0.29, 0.717) is 25.0 Å². The van der Waals surface area contributed by atoms with Crippen molar-refractivity contribution in [1.82, 2.24) is 4.90 Å². The summed E-state index contributed by atoms with van der Waals surface area (Å²) in [6.07, 6.45) is 5.26. The first-order valence-electron chi connectivity index (χ1n) is 14.8. The molecule has 2 aliphatic heterocycles. The van der Waals surface area contributed by atoms with E-state index in [4.69, 9.17) is 4.74 Å². The lowest BCUT2D eigenvalue weighted by atomic mass is 9.79. The minimum atomic E-state index is -0.640. The molecule has 2 aromatic carbocycles. The van der Waals surface area contributed by atoms with Crippen molar-refractivity contribution in [3.63, 3.8) is 0 Å². The average Bonchev–Trinajstić information content (AvgIpc) is 3.50. The van der Waals surface area contributed by atoms with Crippen molar-refractivity contribution >= 4 is 11.5 Å². The van der Waals surface area contributed by atoms with Gasteiger partial charge in [-0.05, 0) is 87.7 Å². The van der Waals surface area contributed by atoms with Crippen molar-refractivity contribution in [3.8, 4) is 0 Å². The summed E-state index contributed by atoms with van der Waals surface area (Å²) >= 11 is 0. The number of hydrogen-bond donors (Lipinski definition) is 2. The third-order valence-electron chi connectivity index (χ3n) is 8.97. The Kier molecular flexibility index (Phi) is 8.48. The normalized spacial score (nSPS) is 24.5. The molecule has 3 aliphatic rings. The Morgan fingerprint density at radius 2 is 1.82 bits per heavy atom. The first-order chi connectivity index (χ1) is 18.6. The zero-order valence-electron chi connectivity index (χ0n) is 24.0. The van der Waals surface area contributed by atoms with E-state index < -0.39 is 11.7 Å². The molecule has 1 spiro atoms. The van der Waals surface area contributed by atoms with Gasteiger partial charge in [-0.2, -0.15) is 0 Å². The lowest BCUT2D eigenvalue weighted by Gasteiger charge is -2.28. The third kappa shape index (κ3) is 6.91. The second-order valence-electron chi connectivity index (χ2n) is 13.0. The highest BCUT2D eigenvalue weighted by molar-refractivity contribution is 6.00. The number of ether oxygens (including phenoxy) is 1. The van der Waals surface area contributed by atoms with Crippen LogP contribution < -0.4 is 4.90 Å². The molecule has 0 bridgehead atoms. The zero-order chi connectivity index (χ0) is 27.6. The van der Waals surface area contributed by atoms with Gasteiger partial charge in [0.1, 0.15) is 0 Å². The molecule has 2 heterocycles. The minimum absolute atomic E-state index is 0.0282. The molecule has 2 N–H and O–H groups in total. The standard InChI is InChI=1S/C33H46N2O4/c1-4-29(36)20-39-19-25-7-12-30-26(18-25)8-9-27(31(30)37)17-24-5-10-28(11-6-24)35-16-14-33(23-35)13-15-34(22-33)21-32(2,3)38/h5-7,10-12,18,27,29,36,38H,4,8-9,13-17,19-23H2,1-3H3/t27?,29-,33-/m0/s1. The number of ketones is 1. The molecule has 0 aromatic heterocycles. The highest BCUT2D eigenvalue weighted by atomic mass is 16.5. The maximum absolute atomic E-state index is 13.3. The molecule has 39 heavy (non-hydrogen) atoms. The van der Waals surface area contributed by atoms with E-state index >= 15 is 0 Å². The third-order valence-corrected chi connectivity index (χ3v) is 8.97. The van der Waals surface area contributed by atoms with Crippen LogP contribution in [0, 0.1) is 11.3 Å². The molecular weight excluding hydrogens is 488 g/mol. The fourth-order valence-electron chi connectivity index (χ4n) is 6.82. The van der Waals surface area contributed by atoms with Crippen LogP contribution in [0.4, 0.5) is 5.69 Å². The van der Waals surface area contributed by atoms with E-state index in [1.54, 1.807) is 0 Å². The van der Waals surface area contributed by atoms with Crippen LogP contribution in [-0.2, 0) is 24.2 Å². The molecule has 1 unspecified atom stereocenters. The van der Waals surface area contributed by atoms with Crippen molar-refractivity contribution in [2.75, 3.05) is 44.2 Å². The van der Waals surface area contributed by atoms with Gasteiger partial charge in [-0.15, -0.1) is 0 Å². The summed E-state index contributed by atoms with van der Waals surface area (Å²) < 4.78 is 5.64. The van der Waals surface area contributed by atoms with E-state index in [1.807, 2.05) is 32.9 Å². The van der Waals surface area contributed by atoms with Crippen molar-refractivity contribution in [1.29, 1.82) is 0 Å². The Morgan fingerprint density at radius 3 is 2.56 bits per heavy atom. The summed E-state index contributed by atoms with van der Waals surface area (Å²) in [5.41, 5.74) is 5.25. The number of benzene rings is 2. The number of anilines is 1. The predicted octanol–water partition coefficient (Wildman–Crippen LogP) is 4.64. The van der Waals surface area contributed by atoms with E-state index in [9.17, 15) is 15.0 Å². The lowest BCUT2D eigenvalue weighted by Crippen LogP contribution is -2.39. The van der Waals surface area contributed by atoms with E-state index in [1.165, 1.54) is 24.1 Å². The topological polar surface area (TPSA) is 73.2 Å². The highest BCUT2D eigenvalue weighted by Crippen LogP contribution is 2.41. The molecule has 3 atom stereocenters. The minimum Gasteiger partial charge on any atom is -0.391 e. The van der Waals surface area contributed by atoms with Gasteiger partial charge in [0.25, 0.3) is 0 Å². The Bertz CT molecular complexity index is 1140. The molecule has 6 heteroatoms. The van der Waals surface area contributed by atoms with Gasteiger partial charge < -0.3 is 19.8 Å². The molecule has 5 rings (SSSR count). The Hall–Kier alpha value is -2.25. The van der Waals surface area contributed by atoms with Crippen molar-refractivity contribution in [2.24, 2.45) is 11.3 Å². The Balaban J connectivity index is 1.14. The second-order valence-corrected chi connectivity index (χ2v) is 13.0. The number of carbonyl (C=O) groups is 1. The highest BCUT2D eigenvalue weighted by Gasteiger charge is 2.44. The molecule has 2 saturated heterocycles. The van der Waals surface area contributed by atoms with Gasteiger partial charge in [0.15, 0.2) is 5.78 Å². The van der Waals surface area contributed by atoms with E-state index in [-0.39, 0.29) is 11.7 Å². The first kappa shape index (κ1) is 28.3. The largest absolute Gasteiger partial charge is 0.391 e. The molecule has 6 nitrogen and oxygen atoms in total. The van der Waals surface area contributed by atoms with Gasteiger partial charge in [-0.1, -0.05) is 37.3 Å². The summed E-state index contributed by atoms with van der Waals surface area (Å²) in [4.78, 5) is 18.3. The van der Waals surface area contributed by atoms with Gasteiger partial charge in [0.2, 0.25) is 0 Å². The van der Waals surface area contributed by atoms with Crippen LogP contribution >= 0.6 is 0 Å². The second kappa shape index (κ2) is 11.7. The number of carbonyl (C=O) groups excluding carboxylic acids is 1. The van der Waals surface area contributed by atoms with Crippen molar-refractivity contribution < 1.29 is 19.7 Å². The number of aliphatic hydroxyl groups is 2. The van der Waals surface area contributed by atoms with Gasteiger partial charge in [0, 0.05) is 48.8 Å². The summed E-state index contributed by atoms with van der Waals surface area (Å²) in [5.74, 6) is 0.285.